The minimum absolute atomic E-state index is 0.00696. The highest BCUT2D eigenvalue weighted by atomic mass is 32.2. The van der Waals surface area contributed by atoms with E-state index in [4.69, 9.17) is 5.73 Å². The van der Waals surface area contributed by atoms with E-state index in [9.17, 15) is 8.42 Å². The first-order valence-electron chi connectivity index (χ1n) is 5.66. The second kappa shape index (κ2) is 5.37. The van der Waals surface area contributed by atoms with Crippen LogP contribution < -0.4 is 10.5 Å². The van der Waals surface area contributed by atoms with Crippen LogP contribution in [0.2, 0.25) is 0 Å². The Labute approximate surface area is 111 Å². The molecule has 19 heavy (non-hydrogen) atoms. The molecule has 0 spiro atoms. The Morgan fingerprint density at radius 3 is 2.84 bits per heavy atom. The van der Waals surface area contributed by atoms with Gasteiger partial charge in [0.1, 0.15) is 4.90 Å². The van der Waals surface area contributed by atoms with Gasteiger partial charge in [0.25, 0.3) is 0 Å². The predicted molar refractivity (Wildman–Crippen MR) is 70.7 cm³/mol. The molecule has 1 atom stereocenters. The van der Waals surface area contributed by atoms with Crippen LogP contribution in [-0.4, -0.2) is 29.0 Å². The highest BCUT2D eigenvalue weighted by Gasteiger charge is 2.20. The number of nitrogens with one attached hydrogen (secondary N) is 1. The number of hydrogen-bond donors (Lipinski definition) is 2. The number of sulfonamides is 1. The molecular weight excluding hydrogens is 266 g/mol. The number of pyridine rings is 1. The molecule has 3 N–H and O–H groups in total. The molecule has 2 heterocycles. The molecule has 2 aromatic rings. The normalized spacial score (nSPS) is 13.3. The van der Waals surface area contributed by atoms with Crippen LogP contribution in [0.5, 0.6) is 0 Å². The van der Waals surface area contributed by atoms with E-state index >= 15 is 0 Å². The van der Waals surface area contributed by atoms with Crippen molar-refractivity contribution in [3.05, 3.63) is 37.2 Å². The molecule has 0 saturated heterocycles. The molecule has 102 valence electrons. The lowest BCUT2D eigenvalue weighted by atomic mass is 10.4. The second-order valence-corrected chi connectivity index (χ2v) is 5.88. The van der Waals surface area contributed by atoms with Crippen LogP contribution in [-0.2, 0) is 16.6 Å². The monoisotopic (exact) mass is 281 g/mol. The fourth-order valence-electron chi connectivity index (χ4n) is 1.69. The molecule has 2 rings (SSSR count). The lowest BCUT2D eigenvalue weighted by molar-refractivity contribution is 0.520. The molecule has 0 amide bonds. The van der Waals surface area contributed by atoms with Gasteiger partial charge in [-0.05, 0) is 13.0 Å². The molecule has 2 aromatic heterocycles. The topological polar surface area (TPSA) is 103 Å². The van der Waals surface area contributed by atoms with E-state index in [2.05, 4.69) is 14.7 Å². The van der Waals surface area contributed by atoms with Gasteiger partial charge < -0.3 is 10.3 Å². The molecule has 0 radical (unpaired) electrons. The molecule has 8 heteroatoms. The summed E-state index contributed by atoms with van der Waals surface area (Å²) < 4.78 is 28.6. The summed E-state index contributed by atoms with van der Waals surface area (Å²) in [6.45, 7) is 2.25. The molecule has 0 bridgehead atoms. The van der Waals surface area contributed by atoms with Gasteiger partial charge in [-0.15, -0.1) is 0 Å². The summed E-state index contributed by atoms with van der Waals surface area (Å²) in [5.74, 6) is 0. The zero-order valence-electron chi connectivity index (χ0n) is 10.4. The van der Waals surface area contributed by atoms with Crippen molar-refractivity contribution in [2.75, 3.05) is 5.73 Å². The van der Waals surface area contributed by atoms with Crippen molar-refractivity contribution in [2.45, 2.75) is 24.4 Å². The van der Waals surface area contributed by atoms with Crippen molar-refractivity contribution in [1.29, 1.82) is 0 Å². The summed E-state index contributed by atoms with van der Waals surface area (Å²) in [5.41, 5.74) is 5.82. The Kier molecular flexibility index (Phi) is 3.82. The lowest BCUT2D eigenvalue weighted by Gasteiger charge is -2.15. The Bertz CT molecular complexity index is 639. The molecule has 1 unspecified atom stereocenters. The SMILES string of the molecule is CC(Cn1ccnc1)NS(=O)(=O)c1cnccc1N. The highest BCUT2D eigenvalue weighted by molar-refractivity contribution is 7.89. The summed E-state index contributed by atoms with van der Waals surface area (Å²) >= 11 is 0. The Morgan fingerprint density at radius 1 is 1.42 bits per heavy atom. The lowest BCUT2D eigenvalue weighted by Crippen LogP contribution is -2.35. The summed E-state index contributed by atoms with van der Waals surface area (Å²) in [4.78, 5) is 7.67. The third-order valence-electron chi connectivity index (χ3n) is 2.51. The van der Waals surface area contributed by atoms with Gasteiger partial charge in [-0.3, -0.25) is 4.98 Å². The van der Waals surface area contributed by atoms with Gasteiger partial charge in [0.15, 0.2) is 0 Å². The largest absolute Gasteiger partial charge is 0.398 e. The van der Waals surface area contributed by atoms with Crippen LogP contribution in [0.25, 0.3) is 0 Å². The standard InChI is InChI=1S/C11H15N5O2S/c1-9(7-16-5-4-14-8-16)15-19(17,18)11-6-13-3-2-10(11)12/h2-6,8-9,15H,7H2,1H3,(H2,12,13). The average Bonchev–Trinajstić information content (AvgIpc) is 2.81. The summed E-state index contributed by atoms with van der Waals surface area (Å²) in [6.07, 6.45) is 7.72. The quantitative estimate of drug-likeness (QED) is 0.816. The molecular formula is C11H15N5O2S. The smallest absolute Gasteiger partial charge is 0.244 e. The van der Waals surface area contributed by atoms with Crippen LogP contribution in [0.4, 0.5) is 5.69 Å². The van der Waals surface area contributed by atoms with E-state index in [1.165, 1.54) is 18.5 Å². The van der Waals surface area contributed by atoms with Crippen molar-refractivity contribution < 1.29 is 8.42 Å². The molecule has 0 saturated carbocycles. The van der Waals surface area contributed by atoms with Gasteiger partial charge in [-0.25, -0.2) is 18.1 Å². The Hall–Kier alpha value is -1.93. The third kappa shape index (κ3) is 3.30. The van der Waals surface area contributed by atoms with Crippen molar-refractivity contribution in [1.82, 2.24) is 19.3 Å². The van der Waals surface area contributed by atoms with Gasteiger partial charge in [-0.2, -0.15) is 0 Å². The third-order valence-corrected chi connectivity index (χ3v) is 4.14. The number of aromatic nitrogens is 3. The van der Waals surface area contributed by atoms with Crippen LogP contribution in [0.1, 0.15) is 6.92 Å². The zero-order chi connectivity index (χ0) is 13.9. The van der Waals surface area contributed by atoms with E-state index < -0.39 is 10.0 Å². The molecule has 0 aliphatic carbocycles. The maximum Gasteiger partial charge on any atom is 0.244 e. The fourth-order valence-corrected chi connectivity index (χ4v) is 3.00. The minimum atomic E-state index is -3.66. The number of imidazole rings is 1. The first kappa shape index (κ1) is 13.5. The molecule has 7 nitrogen and oxygen atoms in total. The molecule has 0 aliphatic rings. The second-order valence-electron chi connectivity index (χ2n) is 4.20. The number of rotatable bonds is 5. The number of nitrogens with zero attached hydrogens (tertiary/aromatic N) is 3. The number of nitrogens with two attached hydrogens (primary N) is 1. The van der Waals surface area contributed by atoms with Gasteiger partial charge in [0, 0.05) is 37.4 Å². The first-order chi connectivity index (χ1) is 8.99. The van der Waals surface area contributed by atoms with Crippen molar-refractivity contribution in [3.63, 3.8) is 0 Å². The van der Waals surface area contributed by atoms with E-state index in [-0.39, 0.29) is 16.6 Å². The van der Waals surface area contributed by atoms with Crippen LogP contribution in [0, 0.1) is 0 Å². The molecule has 0 aromatic carbocycles. The number of hydrogen-bond acceptors (Lipinski definition) is 5. The maximum absolute atomic E-state index is 12.1. The first-order valence-corrected chi connectivity index (χ1v) is 7.15. The maximum atomic E-state index is 12.1. The summed E-state index contributed by atoms with van der Waals surface area (Å²) in [5, 5.41) is 0. The van der Waals surface area contributed by atoms with E-state index in [1.54, 1.807) is 30.2 Å². The average molecular weight is 281 g/mol. The van der Waals surface area contributed by atoms with Gasteiger partial charge in [-0.1, -0.05) is 0 Å². The van der Waals surface area contributed by atoms with E-state index in [0.29, 0.717) is 6.54 Å². The predicted octanol–water partition coefficient (Wildman–Crippen LogP) is 0.227. The number of anilines is 1. The van der Waals surface area contributed by atoms with Crippen LogP contribution in [0.3, 0.4) is 0 Å². The van der Waals surface area contributed by atoms with Crippen molar-refractivity contribution >= 4 is 15.7 Å². The van der Waals surface area contributed by atoms with E-state index in [1.807, 2.05) is 0 Å². The Balaban J connectivity index is 2.11. The fraction of sp³-hybridized carbons (Fsp3) is 0.273. The summed E-state index contributed by atoms with van der Waals surface area (Å²) in [6, 6.07) is 1.16. The Morgan fingerprint density at radius 2 is 2.21 bits per heavy atom. The van der Waals surface area contributed by atoms with Gasteiger partial charge in [0.2, 0.25) is 10.0 Å². The van der Waals surface area contributed by atoms with Gasteiger partial charge in [0.05, 0.1) is 12.0 Å². The summed E-state index contributed by atoms with van der Waals surface area (Å²) in [7, 11) is -3.66. The molecule has 0 fully saturated rings. The van der Waals surface area contributed by atoms with Crippen molar-refractivity contribution in [3.8, 4) is 0 Å². The number of nitrogen functional groups attached to an aromatic ring is 1. The zero-order valence-corrected chi connectivity index (χ0v) is 11.2. The van der Waals surface area contributed by atoms with E-state index in [0.717, 1.165) is 0 Å². The minimum Gasteiger partial charge on any atom is -0.398 e. The highest BCUT2D eigenvalue weighted by Crippen LogP contribution is 2.15. The molecule has 0 aliphatic heterocycles. The van der Waals surface area contributed by atoms with Crippen molar-refractivity contribution in [2.24, 2.45) is 0 Å². The van der Waals surface area contributed by atoms with Crippen LogP contribution >= 0.6 is 0 Å². The van der Waals surface area contributed by atoms with Gasteiger partial charge >= 0.3 is 0 Å². The van der Waals surface area contributed by atoms with Crippen LogP contribution in [0.15, 0.2) is 42.1 Å².